The Kier molecular flexibility index (Phi) is 21.5. The average Bonchev–Trinajstić information content (AvgIpc) is 1.48. The summed E-state index contributed by atoms with van der Waals surface area (Å²) in [7, 11) is 0. The van der Waals surface area contributed by atoms with Crippen molar-refractivity contribution in [3.8, 4) is 0 Å². The number of fused-ring (bicyclic) bond motifs is 18. The van der Waals surface area contributed by atoms with Crippen molar-refractivity contribution in [1.29, 1.82) is 0 Å². The van der Waals surface area contributed by atoms with Gasteiger partial charge in [-0.25, -0.2) is 9.59 Å². The van der Waals surface area contributed by atoms with Gasteiger partial charge >= 0.3 is 11.9 Å². The maximum Gasteiger partial charge on any atom is 0.354 e. The van der Waals surface area contributed by atoms with Crippen LogP contribution in [0.15, 0.2) is 164 Å². The standard InChI is InChI=1S/C22H26N2O2.C20H22N2O2.C19H24N2O.C19H22N2O.C19H24N2.C19H22N2/c1-3-22-11-7-12-23-13-10-16-15-8-5-6-9-17(15)24(19(16)20(22)23)18(14-22)21(25)26-4-2;1-2-20-9-5-10-21-11-8-14-13-6-3-4-7-15(13)22(17(14)18(20)21)16(12-20)19(23)24;2*1-2-19-9-5-10-20-11-8-14-13-6-3-4-7-15(13)21(16(22)12-19)17(14)18(19)20;2*1-2-19-9-5-11-20-12-8-15-14-6-3-4-7-16(14)21(13-10-19)17(15)18(19)20/h5-6,8-9,14,20H,3-4,7,10-13H2,1-2H3;3-4,6-7,12,18H,2,5,8-11H2,1H3,(H,23,24);3-4,6-7,16,18,22H,2,5,8-12H2,1H3;3-4,6-7,18H,2,5,8-12H2,1H3;3-4,6-7,18H,2,5,8-13H2,1H3;3-4,6-7,10,13,18H,2,5,8-9,11-12H2,1H3/t20-,22+;18-,20+;16?,18-,19+;18-,19+;;18-,19+/m1111.1/s1. The first-order valence-corrected chi connectivity index (χ1v) is 53.5. The molecule has 136 heavy (non-hydrogen) atoms. The summed E-state index contributed by atoms with van der Waals surface area (Å²) >= 11 is 0. The van der Waals surface area contributed by atoms with Gasteiger partial charge in [0.2, 0.25) is 5.91 Å². The minimum absolute atomic E-state index is 0.0362. The van der Waals surface area contributed by atoms with Crippen LogP contribution in [-0.4, -0.2) is 170 Å². The second-order valence-electron chi connectivity index (χ2n) is 44.2. The number of carbonyl (C=O) groups is 3. The summed E-state index contributed by atoms with van der Waals surface area (Å²) in [6.45, 7) is 31.8. The summed E-state index contributed by atoms with van der Waals surface area (Å²) in [5, 5.41) is 29.1. The number of piperidine rings is 6. The number of carbonyl (C=O) groups excluding carboxylic acids is 2. The minimum Gasteiger partial charge on any atom is -0.477 e. The van der Waals surface area contributed by atoms with Gasteiger partial charge in [0.15, 0.2) is 0 Å². The van der Waals surface area contributed by atoms with Crippen LogP contribution < -0.4 is 0 Å². The fourth-order valence-electron chi connectivity index (χ4n) is 32.9. The quantitative estimate of drug-likeness (QED) is 0.132. The number of aliphatic carboxylic acids is 1. The summed E-state index contributed by atoms with van der Waals surface area (Å²) in [6.07, 6.45) is 40.7. The summed E-state index contributed by atoms with van der Waals surface area (Å²) in [4.78, 5) is 54.2. The van der Waals surface area contributed by atoms with Crippen LogP contribution in [-0.2, 0) is 59.4 Å². The molecule has 6 saturated heterocycles. The molecule has 0 spiro atoms. The highest BCUT2D eigenvalue weighted by molar-refractivity contribution is 6.14. The average molecular weight is 1820 g/mol. The third-order valence-corrected chi connectivity index (χ3v) is 39.1. The molecule has 0 bridgehead atoms. The lowest BCUT2D eigenvalue weighted by Crippen LogP contribution is -2.53. The topological polar surface area (TPSA) is 150 Å². The fraction of sp³-hybridized carbons (Fsp3) is 0.517. The molecule has 18 nitrogen and oxygen atoms in total. The molecule has 6 aromatic carbocycles. The highest BCUT2D eigenvalue weighted by Crippen LogP contribution is 2.65. The molecule has 0 amide bonds. The zero-order chi connectivity index (χ0) is 92.2. The third-order valence-electron chi connectivity index (χ3n) is 39.1. The van der Waals surface area contributed by atoms with Crippen molar-refractivity contribution in [2.75, 3.05) is 85.1 Å². The Labute approximate surface area is 801 Å². The molecule has 6 aromatic heterocycles. The normalized spacial score (nSPS) is 30.2. The molecule has 24 heterocycles. The molecule has 18 heteroatoms. The molecule has 12 aromatic rings. The molecule has 2 N–H and O–H groups in total. The molecule has 708 valence electrons. The predicted molar refractivity (Wildman–Crippen MR) is 545 cm³/mol. The Balaban J connectivity index is 0.0000000870. The summed E-state index contributed by atoms with van der Waals surface area (Å²) in [5.74, 6) is -0.683. The van der Waals surface area contributed by atoms with Crippen LogP contribution in [0.5, 0.6) is 0 Å². The molecule has 0 saturated carbocycles. The van der Waals surface area contributed by atoms with Gasteiger partial charge in [0.25, 0.3) is 0 Å². The van der Waals surface area contributed by atoms with Crippen molar-refractivity contribution < 1.29 is 29.3 Å². The number of nitrogens with zero attached hydrogens (tertiary/aromatic N) is 12. The van der Waals surface area contributed by atoms with Gasteiger partial charge in [0, 0.05) is 152 Å². The number of aliphatic hydroxyl groups is 1. The molecule has 13 atom stereocenters. The second kappa shape index (κ2) is 33.4. The zero-order valence-electron chi connectivity index (χ0n) is 81.6. The zero-order valence-corrected chi connectivity index (χ0v) is 81.6. The number of hydrogen-bond donors (Lipinski definition) is 2. The van der Waals surface area contributed by atoms with Gasteiger partial charge in [-0.1, -0.05) is 157 Å². The van der Waals surface area contributed by atoms with Crippen LogP contribution in [0.2, 0.25) is 0 Å². The molecule has 3 unspecified atom stereocenters. The number of benzene rings is 6. The van der Waals surface area contributed by atoms with Crippen molar-refractivity contribution >= 4 is 101 Å². The Hall–Kier alpha value is -9.89. The van der Waals surface area contributed by atoms with E-state index in [1.807, 2.05) is 17.6 Å². The SMILES string of the molecule is CCC12CCCN3CCc4c(n(c5ccccc45)CC1)C32.CCOC(=O)C1=C[C@]2(CC)CCCN3CCc4c(n1c1ccccc41)[C@@H]32.CC[C@@]12C=C(C(=O)O)n3c4c(c5ccccc53)CCN(CCC1)[C@H]42.CC[C@@]12C=Cn3c4c(c5ccccc53)CCN(CCC1)[C@H]42.CC[C@]12CCCN3CCc4c(n(c5ccccc45)C(=O)C1)[C@@H]32.CC[C@]12CCCN3CCc4c(n(c5ccccc45)C(O)C1)[C@@H]32. The molecular formula is C118H140N12O6. The minimum atomic E-state index is -0.812. The maximum atomic E-state index is 13.0. The van der Waals surface area contributed by atoms with Gasteiger partial charge in [-0.3, -0.25) is 38.8 Å². The Morgan fingerprint density at radius 2 is 0.713 bits per heavy atom. The van der Waals surface area contributed by atoms with E-state index in [9.17, 15) is 24.6 Å². The van der Waals surface area contributed by atoms with Crippen molar-refractivity contribution in [1.82, 2.24) is 56.8 Å². The van der Waals surface area contributed by atoms with Crippen LogP contribution in [0.4, 0.5) is 0 Å². The Morgan fingerprint density at radius 3 is 1.21 bits per heavy atom. The number of ether oxygens (including phenoxy) is 1. The van der Waals surface area contributed by atoms with Crippen LogP contribution in [0.3, 0.4) is 0 Å². The summed E-state index contributed by atoms with van der Waals surface area (Å²) in [6, 6.07) is 55.1. The van der Waals surface area contributed by atoms with E-state index in [4.69, 9.17) is 4.74 Å². The third kappa shape index (κ3) is 12.7. The molecule has 0 radical (unpaired) electrons. The largest absolute Gasteiger partial charge is 0.477 e. The number of aryl methyl sites for hydroxylation is 1. The highest BCUT2D eigenvalue weighted by atomic mass is 16.5. The number of rotatable bonds is 9. The van der Waals surface area contributed by atoms with Gasteiger partial charge < -0.3 is 37.8 Å². The van der Waals surface area contributed by atoms with Gasteiger partial charge in [0.05, 0.1) is 70.4 Å². The smallest absolute Gasteiger partial charge is 0.354 e. The van der Waals surface area contributed by atoms with E-state index in [2.05, 4.69) is 258 Å². The van der Waals surface area contributed by atoms with Crippen molar-refractivity contribution in [3.63, 3.8) is 0 Å². The number of para-hydroxylation sites is 6. The lowest BCUT2D eigenvalue weighted by molar-refractivity contribution is -0.136. The van der Waals surface area contributed by atoms with Gasteiger partial charge in [-0.15, -0.1) is 0 Å². The van der Waals surface area contributed by atoms with Gasteiger partial charge in [0.1, 0.15) is 17.6 Å². The first-order valence-electron chi connectivity index (χ1n) is 53.5. The number of hydrogen-bond acceptors (Lipinski definition) is 11. The van der Waals surface area contributed by atoms with Crippen molar-refractivity contribution in [3.05, 3.63) is 231 Å². The molecule has 18 aliphatic heterocycles. The second-order valence-corrected chi connectivity index (χ2v) is 44.2. The van der Waals surface area contributed by atoms with E-state index in [1.54, 1.807) is 22.5 Å². The van der Waals surface area contributed by atoms with E-state index >= 15 is 0 Å². The number of carboxylic acid groups (broad SMARTS) is 1. The first kappa shape index (κ1) is 87.6. The molecule has 0 aliphatic carbocycles. The Morgan fingerprint density at radius 1 is 0.353 bits per heavy atom. The van der Waals surface area contributed by atoms with Crippen molar-refractivity contribution in [2.45, 2.75) is 271 Å². The monoisotopic (exact) mass is 1820 g/mol. The van der Waals surface area contributed by atoms with Gasteiger partial charge in [-0.2, -0.15) is 0 Å². The van der Waals surface area contributed by atoms with E-state index in [0.29, 0.717) is 65.3 Å². The molecule has 18 aliphatic rings. The van der Waals surface area contributed by atoms with Crippen LogP contribution in [0.1, 0.15) is 298 Å². The predicted octanol–water partition coefficient (Wildman–Crippen LogP) is 23.6. The highest BCUT2D eigenvalue weighted by Gasteiger charge is 2.59. The summed E-state index contributed by atoms with van der Waals surface area (Å²) in [5.41, 5.74) is 27.8. The number of esters is 1. The van der Waals surface area contributed by atoms with Crippen LogP contribution in [0, 0.1) is 32.5 Å². The summed E-state index contributed by atoms with van der Waals surface area (Å²) < 4.78 is 19.2. The lowest BCUT2D eigenvalue weighted by atomic mass is 9.64. The van der Waals surface area contributed by atoms with E-state index in [-0.39, 0.29) is 33.9 Å². The van der Waals surface area contributed by atoms with E-state index < -0.39 is 5.97 Å². The molecular weight excluding hydrogens is 1680 g/mol. The van der Waals surface area contributed by atoms with Crippen molar-refractivity contribution in [2.24, 2.45) is 32.5 Å². The first-order chi connectivity index (χ1) is 66.5. The van der Waals surface area contributed by atoms with E-state index in [0.717, 1.165) is 132 Å². The molecule has 6 fully saturated rings. The number of aromatic nitrogens is 6. The lowest BCUT2D eigenvalue weighted by Gasteiger charge is -2.56. The maximum absolute atomic E-state index is 13.0. The number of aliphatic hydroxyl groups excluding tert-OH is 1. The Bertz CT molecular complexity index is 6900. The van der Waals surface area contributed by atoms with Gasteiger partial charge in [-0.05, 0) is 306 Å². The fourth-order valence-corrected chi connectivity index (χ4v) is 32.9. The molecule has 30 rings (SSSR count). The van der Waals surface area contributed by atoms with Crippen LogP contribution >= 0.6 is 0 Å². The number of carboxylic acids is 1. The van der Waals surface area contributed by atoms with Crippen LogP contribution in [0.25, 0.3) is 83.0 Å². The van der Waals surface area contributed by atoms with E-state index in [1.165, 1.54) is 243 Å².